The summed E-state index contributed by atoms with van der Waals surface area (Å²) in [5, 5.41) is 18.7. The van der Waals surface area contributed by atoms with E-state index in [1.165, 1.54) is 18.3 Å². The first kappa shape index (κ1) is 11.7. The maximum atomic E-state index is 10.1. The zero-order chi connectivity index (χ0) is 11.8. The highest BCUT2D eigenvalue weighted by Gasteiger charge is 1.86. The van der Waals surface area contributed by atoms with Crippen molar-refractivity contribution in [2.45, 2.75) is 0 Å². The monoisotopic (exact) mass is 217 g/mol. The Kier molecular flexibility index (Phi) is 4.53. The Morgan fingerprint density at radius 1 is 1.12 bits per heavy atom. The number of hydrogen-bond donors (Lipinski definition) is 1. The molecule has 0 saturated heterocycles. The second-order valence-electron chi connectivity index (χ2n) is 2.92. The number of aromatic hydroxyl groups is 1. The van der Waals surface area contributed by atoms with E-state index in [2.05, 4.69) is 4.98 Å². The standard InChI is InChI=1S/C7H6O2.C5H5NO/c8-7(9)6-4-2-1-3-5-6;7-5-2-1-3-6-4-5/h1-5H,(H,8,9);1-4,7H. The van der Waals surface area contributed by atoms with Gasteiger partial charge in [0.15, 0.2) is 11.9 Å². The minimum atomic E-state index is -1.13. The molecule has 0 radical (unpaired) electrons. The molecule has 2 rings (SSSR count). The molecule has 82 valence electrons. The Labute approximate surface area is 92.8 Å². The summed E-state index contributed by atoms with van der Waals surface area (Å²) in [6.45, 7) is 0. The summed E-state index contributed by atoms with van der Waals surface area (Å²) in [7, 11) is 0. The summed E-state index contributed by atoms with van der Waals surface area (Å²) >= 11 is 0. The van der Waals surface area contributed by atoms with Gasteiger partial charge in [-0.3, -0.25) is 0 Å². The molecule has 4 heteroatoms. The van der Waals surface area contributed by atoms with Gasteiger partial charge >= 0.3 is 0 Å². The van der Waals surface area contributed by atoms with E-state index in [4.69, 9.17) is 5.11 Å². The third kappa shape index (κ3) is 4.23. The van der Waals surface area contributed by atoms with Crippen LogP contribution < -0.4 is 10.1 Å². The van der Waals surface area contributed by atoms with Crippen LogP contribution in [0.5, 0.6) is 5.75 Å². The molecule has 0 amide bonds. The van der Waals surface area contributed by atoms with Gasteiger partial charge < -0.3 is 15.0 Å². The fraction of sp³-hybridized carbons (Fsp3) is 0. The van der Waals surface area contributed by atoms with Gasteiger partial charge in [-0.2, -0.15) is 0 Å². The van der Waals surface area contributed by atoms with Gasteiger partial charge in [-0.1, -0.05) is 30.3 Å². The van der Waals surface area contributed by atoms with Crippen LogP contribution in [-0.2, 0) is 0 Å². The van der Waals surface area contributed by atoms with E-state index in [0.29, 0.717) is 0 Å². The van der Waals surface area contributed by atoms with Gasteiger partial charge in [-0.05, 0) is 11.6 Å². The SMILES string of the molecule is O=C([O-])c1ccccc1.Oc1ccc[nH+]c1. The second kappa shape index (κ2) is 6.19. The van der Waals surface area contributed by atoms with Gasteiger partial charge in [0.05, 0.1) is 5.97 Å². The number of carboxylic acid groups (broad SMARTS) is 1. The highest BCUT2D eigenvalue weighted by molar-refractivity contribution is 5.85. The third-order valence-corrected chi connectivity index (χ3v) is 1.70. The quantitative estimate of drug-likeness (QED) is 0.744. The Morgan fingerprint density at radius 3 is 2.12 bits per heavy atom. The van der Waals surface area contributed by atoms with Crippen molar-refractivity contribution in [3.8, 4) is 5.75 Å². The second-order valence-corrected chi connectivity index (χ2v) is 2.92. The molecular weight excluding hydrogens is 206 g/mol. The molecule has 0 aliphatic carbocycles. The van der Waals surface area contributed by atoms with E-state index >= 15 is 0 Å². The number of aromatic carboxylic acids is 1. The number of H-pyrrole nitrogens is 1. The molecular formula is C12H11NO3. The molecule has 16 heavy (non-hydrogen) atoms. The van der Waals surface area contributed by atoms with Crippen molar-refractivity contribution in [1.82, 2.24) is 0 Å². The number of hydrogen-bond acceptors (Lipinski definition) is 3. The Balaban J connectivity index is 0.000000165. The zero-order valence-electron chi connectivity index (χ0n) is 8.46. The summed E-state index contributed by atoms with van der Waals surface area (Å²) in [5.41, 5.74) is 0.220. The van der Waals surface area contributed by atoms with Crippen molar-refractivity contribution >= 4 is 5.97 Å². The number of aromatic amines is 1. The predicted octanol–water partition coefficient (Wildman–Crippen LogP) is 0.256. The van der Waals surface area contributed by atoms with E-state index in [1.807, 2.05) is 0 Å². The van der Waals surface area contributed by atoms with Gasteiger partial charge in [0.2, 0.25) is 6.20 Å². The molecule has 1 aromatic heterocycles. The Morgan fingerprint density at radius 2 is 1.81 bits per heavy atom. The number of aromatic nitrogens is 1. The van der Waals surface area contributed by atoms with Crippen molar-refractivity contribution < 1.29 is 20.0 Å². The molecule has 1 aromatic carbocycles. The molecule has 0 spiro atoms. The van der Waals surface area contributed by atoms with Crippen LogP contribution in [0.15, 0.2) is 54.9 Å². The summed E-state index contributed by atoms with van der Waals surface area (Å²) in [6.07, 6.45) is 3.25. The molecule has 0 aliphatic heterocycles. The maximum Gasteiger partial charge on any atom is 0.209 e. The molecule has 0 aliphatic rings. The minimum Gasteiger partial charge on any atom is -0.545 e. The van der Waals surface area contributed by atoms with Crippen molar-refractivity contribution in [2.75, 3.05) is 0 Å². The Bertz CT molecular complexity index is 429. The van der Waals surface area contributed by atoms with Crippen LogP contribution in [0, 0.1) is 0 Å². The fourth-order valence-electron chi connectivity index (χ4n) is 0.958. The first-order chi connectivity index (χ1) is 7.70. The molecule has 1 heterocycles. The van der Waals surface area contributed by atoms with Crippen molar-refractivity contribution in [3.05, 3.63) is 60.4 Å². The molecule has 2 aromatic rings. The molecule has 0 bridgehead atoms. The number of rotatable bonds is 1. The van der Waals surface area contributed by atoms with Crippen molar-refractivity contribution in [3.63, 3.8) is 0 Å². The molecule has 0 atom stereocenters. The van der Waals surface area contributed by atoms with E-state index in [-0.39, 0.29) is 11.3 Å². The molecule has 0 fully saturated rings. The number of nitrogens with one attached hydrogen (secondary N) is 1. The lowest BCUT2D eigenvalue weighted by atomic mass is 10.2. The third-order valence-electron chi connectivity index (χ3n) is 1.70. The first-order valence-corrected chi connectivity index (χ1v) is 4.61. The Hall–Kier alpha value is -2.36. The van der Waals surface area contributed by atoms with Gasteiger partial charge in [-0.25, -0.2) is 4.98 Å². The first-order valence-electron chi connectivity index (χ1n) is 4.61. The van der Waals surface area contributed by atoms with Crippen molar-refractivity contribution in [2.24, 2.45) is 0 Å². The lowest BCUT2D eigenvalue weighted by Crippen LogP contribution is -2.21. The highest BCUT2D eigenvalue weighted by Crippen LogP contribution is 1.97. The van der Waals surface area contributed by atoms with Crippen LogP contribution in [-0.4, -0.2) is 11.1 Å². The van der Waals surface area contributed by atoms with E-state index < -0.39 is 5.97 Å². The topological polar surface area (TPSA) is 74.5 Å². The zero-order valence-corrected chi connectivity index (χ0v) is 8.46. The van der Waals surface area contributed by atoms with Gasteiger partial charge in [-0.15, -0.1) is 0 Å². The molecule has 4 nitrogen and oxygen atoms in total. The molecule has 0 unspecified atom stereocenters. The van der Waals surface area contributed by atoms with Crippen LogP contribution in [0.4, 0.5) is 0 Å². The summed E-state index contributed by atoms with van der Waals surface area (Å²) in [5.74, 6) is -0.863. The van der Waals surface area contributed by atoms with E-state index in [0.717, 1.165) is 0 Å². The van der Waals surface area contributed by atoms with Gasteiger partial charge in [0, 0.05) is 6.07 Å². The lowest BCUT2D eigenvalue weighted by Gasteiger charge is -1.97. The number of carbonyl (C=O) groups is 1. The largest absolute Gasteiger partial charge is 0.545 e. The number of benzene rings is 1. The predicted molar refractivity (Wildman–Crippen MR) is 55.4 cm³/mol. The van der Waals surface area contributed by atoms with E-state index in [9.17, 15) is 9.90 Å². The number of carboxylic acids is 1. The minimum absolute atomic E-state index is 0.220. The lowest BCUT2D eigenvalue weighted by molar-refractivity contribution is -0.379. The average molecular weight is 217 g/mol. The number of carbonyl (C=O) groups excluding carboxylic acids is 1. The van der Waals surface area contributed by atoms with Gasteiger partial charge in [0.1, 0.15) is 0 Å². The summed E-state index contributed by atoms with van der Waals surface area (Å²) < 4.78 is 0. The molecule has 2 N–H and O–H groups in total. The highest BCUT2D eigenvalue weighted by atomic mass is 16.4. The van der Waals surface area contributed by atoms with Crippen LogP contribution >= 0.6 is 0 Å². The normalized spacial score (nSPS) is 8.75. The maximum absolute atomic E-state index is 10.1. The van der Waals surface area contributed by atoms with Crippen LogP contribution in [0.25, 0.3) is 0 Å². The van der Waals surface area contributed by atoms with Crippen LogP contribution in [0.3, 0.4) is 0 Å². The van der Waals surface area contributed by atoms with E-state index in [1.54, 1.807) is 36.5 Å². The van der Waals surface area contributed by atoms with Crippen molar-refractivity contribution in [1.29, 1.82) is 0 Å². The van der Waals surface area contributed by atoms with Crippen LogP contribution in [0.1, 0.15) is 10.4 Å². The van der Waals surface area contributed by atoms with Gasteiger partial charge in [0.25, 0.3) is 0 Å². The number of pyridine rings is 1. The molecule has 0 saturated carbocycles. The average Bonchev–Trinajstić information content (AvgIpc) is 2.32. The summed E-state index contributed by atoms with van der Waals surface area (Å²) in [4.78, 5) is 12.8. The summed E-state index contributed by atoms with van der Waals surface area (Å²) in [6, 6.07) is 11.4. The fourth-order valence-corrected chi connectivity index (χ4v) is 0.958. The smallest absolute Gasteiger partial charge is 0.209 e. The van der Waals surface area contributed by atoms with Crippen LogP contribution in [0.2, 0.25) is 0 Å².